The molecular weight excluding hydrogens is 324 g/mol. The van der Waals surface area contributed by atoms with Gasteiger partial charge in [0.15, 0.2) is 17.2 Å². The van der Waals surface area contributed by atoms with Crippen molar-refractivity contribution in [3.8, 4) is 5.69 Å². The Hall–Kier alpha value is -3.75. The van der Waals surface area contributed by atoms with Crippen molar-refractivity contribution in [2.45, 2.75) is 6.54 Å². The maximum absolute atomic E-state index is 12.1. The van der Waals surface area contributed by atoms with Crippen LogP contribution in [0.25, 0.3) is 5.69 Å². The van der Waals surface area contributed by atoms with Crippen molar-refractivity contribution in [3.63, 3.8) is 0 Å². The second kappa shape index (κ2) is 6.79. The zero-order valence-electron chi connectivity index (χ0n) is 13.0. The van der Waals surface area contributed by atoms with Gasteiger partial charge in [-0.1, -0.05) is 12.1 Å². The first-order valence-corrected chi connectivity index (χ1v) is 7.27. The third-order valence-corrected chi connectivity index (χ3v) is 3.38. The third-order valence-electron chi connectivity index (χ3n) is 3.38. The van der Waals surface area contributed by atoms with Gasteiger partial charge in [0.25, 0.3) is 5.91 Å². The van der Waals surface area contributed by atoms with Crippen LogP contribution < -0.4 is 11.1 Å². The second-order valence-electron chi connectivity index (χ2n) is 5.09. The molecule has 0 bridgehead atoms. The maximum atomic E-state index is 12.1. The minimum atomic E-state index is -1.09. The highest BCUT2D eigenvalue weighted by molar-refractivity contribution is 5.96. The highest BCUT2D eigenvalue weighted by Gasteiger charge is 2.12. The van der Waals surface area contributed by atoms with Crippen molar-refractivity contribution < 1.29 is 14.7 Å². The zero-order chi connectivity index (χ0) is 17.8. The van der Waals surface area contributed by atoms with Gasteiger partial charge in [-0.15, -0.1) is 0 Å². The van der Waals surface area contributed by atoms with Gasteiger partial charge >= 0.3 is 5.97 Å². The van der Waals surface area contributed by atoms with E-state index in [9.17, 15) is 9.59 Å². The van der Waals surface area contributed by atoms with Gasteiger partial charge < -0.3 is 16.2 Å². The Balaban J connectivity index is 1.72. The van der Waals surface area contributed by atoms with Gasteiger partial charge in [0, 0.05) is 25.1 Å². The van der Waals surface area contributed by atoms with Crippen molar-refractivity contribution in [2.75, 3.05) is 5.73 Å². The van der Waals surface area contributed by atoms with Crippen LogP contribution in [0, 0.1) is 0 Å². The van der Waals surface area contributed by atoms with Crippen LogP contribution >= 0.6 is 0 Å². The fourth-order valence-electron chi connectivity index (χ4n) is 2.18. The van der Waals surface area contributed by atoms with E-state index < -0.39 is 11.9 Å². The van der Waals surface area contributed by atoms with Crippen LogP contribution in [0.3, 0.4) is 0 Å². The van der Waals surface area contributed by atoms with E-state index in [1.807, 2.05) is 6.07 Å². The molecule has 1 amide bonds. The number of nitrogen functional groups attached to an aromatic ring is 1. The quantitative estimate of drug-likeness (QED) is 0.628. The molecule has 0 radical (unpaired) electrons. The molecule has 3 aromatic rings. The summed E-state index contributed by atoms with van der Waals surface area (Å²) in [5.41, 5.74) is 7.13. The number of nitrogens with one attached hydrogen (secondary N) is 1. The molecule has 25 heavy (non-hydrogen) atoms. The van der Waals surface area contributed by atoms with Crippen LogP contribution in [0.2, 0.25) is 0 Å². The molecule has 0 aliphatic carbocycles. The number of carbonyl (C=O) groups is 2. The topological polar surface area (TPSA) is 136 Å². The molecule has 0 aliphatic rings. The fraction of sp³-hybridized carbons (Fsp3) is 0.0625. The smallest absolute Gasteiger partial charge is 0.356 e. The summed E-state index contributed by atoms with van der Waals surface area (Å²) in [4.78, 5) is 30.7. The first-order valence-electron chi connectivity index (χ1n) is 7.27. The molecule has 0 atom stereocenters. The second-order valence-corrected chi connectivity index (χ2v) is 5.09. The van der Waals surface area contributed by atoms with E-state index in [1.54, 1.807) is 24.4 Å². The minimum absolute atomic E-state index is 0.0446. The van der Waals surface area contributed by atoms with Crippen molar-refractivity contribution in [1.29, 1.82) is 0 Å². The van der Waals surface area contributed by atoms with E-state index in [1.165, 1.54) is 23.1 Å². The first kappa shape index (κ1) is 16.1. The van der Waals surface area contributed by atoms with Gasteiger partial charge in [-0.05, 0) is 23.8 Å². The van der Waals surface area contributed by atoms with Crippen molar-refractivity contribution in [3.05, 3.63) is 65.9 Å². The number of hydrogen-bond donors (Lipinski definition) is 3. The molecule has 0 saturated carbocycles. The van der Waals surface area contributed by atoms with Crippen molar-refractivity contribution in [1.82, 2.24) is 25.1 Å². The Labute approximate surface area is 142 Å². The predicted molar refractivity (Wildman–Crippen MR) is 88.1 cm³/mol. The third kappa shape index (κ3) is 3.61. The Kier molecular flexibility index (Phi) is 4.38. The number of anilines is 1. The number of amides is 1. The number of aromatic carboxylic acids is 1. The first-order chi connectivity index (χ1) is 12.0. The van der Waals surface area contributed by atoms with E-state index in [4.69, 9.17) is 10.8 Å². The largest absolute Gasteiger partial charge is 0.476 e. The standard InChI is InChI=1S/C16H14N6O3/c17-14-13(18-5-6-19-14)15(23)20-9-10-2-1-3-11(8-10)22-7-4-12(21-22)16(24)25/h1-8H,9H2,(H2,17,19)(H,20,23)(H,24,25). The number of nitrogens with two attached hydrogens (primary N) is 1. The van der Waals surface area contributed by atoms with Gasteiger partial charge in [0.05, 0.1) is 5.69 Å². The lowest BCUT2D eigenvalue weighted by Crippen LogP contribution is -2.25. The van der Waals surface area contributed by atoms with Gasteiger partial charge in [-0.2, -0.15) is 5.10 Å². The molecule has 3 rings (SSSR count). The molecule has 0 unspecified atom stereocenters. The number of aromatic nitrogens is 4. The van der Waals surface area contributed by atoms with Gasteiger partial charge in [0.1, 0.15) is 0 Å². The van der Waals surface area contributed by atoms with Crippen molar-refractivity contribution in [2.24, 2.45) is 0 Å². The van der Waals surface area contributed by atoms with Crippen molar-refractivity contribution >= 4 is 17.7 Å². The number of nitrogens with zero attached hydrogens (tertiary/aromatic N) is 4. The molecule has 9 heteroatoms. The Bertz CT molecular complexity index is 937. The molecule has 126 valence electrons. The maximum Gasteiger partial charge on any atom is 0.356 e. The molecule has 0 fully saturated rings. The molecule has 2 heterocycles. The summed E-state index contributed by atoms with van der Waals surface area (Å²) in [5, 5.41) is 15.6. The van der Waals surface area contributed by atoms with Gasteiger partial charge in [-0.25, -0.2) is 19.4 Å². The lowest BCUT2D eigenvalue weighted by molar-refractivity contribution is 0.0689. The number of carboxylic acids is 1. The molecule has 2 aromatic heterocycles. The predicted octanol–water partition coefficient (Wildman–Crippen LogP) is 0.873. The summed E-state index contributed by atoms with van der Waals surface area (Å²) < 4.78 is 1.45. The number of carboxylic acid groups (broad SMARTS) is 1. The number of carbonyl (C=O) groups excluding carboxylic acids is 1. The SMILES string of the molecule is Nc1nccnc1C(=O)NCc1cccc(-n2ccc(C(=O)O)n2)c1. The summed E-state index contributed by atoms with van der Waals surface area (Å²) in [6, 6.07) is 8.60. The highest BCUT2D eigenvalue weighted by Crippen LogP contribution is 2.11. The molecule has 4 N–H and O–H groups in total. The molecule has 9 nitrogen and oxygen atoms in total. The molecule has 0 aliphatic heterocycles. The van der Waals surface area contributed by atoms with Crippen LogP contribution in [0.15, 0.2) is 48.9 Å². The minimum Gasteiger partial charge on any atom is -0.476 e. The lowest BCUT2D eigenvalue weighted by Gasteiger charge is -2.08. The van der Waals surface area contributed by atoms with E-state index in [2.05, 4.69) is 20.4 Å². The van der Waals surface area contributed by atoms with Crippen LogP contribution in [-0.2, 0) is 6.54 Å². The van der Waals surface area contributed by atoms with Crippen LogP contribution in [0.5, 0.6) is 0 Å². The normalized spacial score (nSPS) is 10.4. The average Bonchev–Trinajstić information content (AvgIpc) is 3.11. The number of hydrogen-bond acceptors (Lipinski definition) is 6. The Morgan fingerprint density at radius 3 is 2.72 bits per heavy atom. The van der Waals surface area contributed by atoms with E-state index in [0.29, 0.717) is 5.69 Å². The van der Waals surface area contributed by atoms with Gasteiger partial charge in [-0.3, -0.25) is 4.79 Å². The lowest BCUT2D eigenvalue weighted by atomic mass is 10.2. The summed E-state index contributed by atoms with van der Waals surface area (Å²) in [6.07, 6.45) is 4.36. The monoisotopic (exact) mass is 338 g/mol. The average molecular weight is 338 g/mol. The zero-order valence-corrected chi connectivity index (χ0v) is 13.0. The summed E-state index contributed by atoms with van der Waals surface area (Å²) >= 11 is 0. The van der Waals surface area contributed by atoms with Gasteiger partial charge in [0.2, 0.25) is 0 Å². The van der Waals surface area contributed by atoms with Crippen LogP contribution in [-0.4, -0.2) is 36.7 Å². The summed E-state index contributed by atoms with van der Waals surface area (Å²) in [7, 11) is 0. The molecule has 0 spiro atoms. The Morgan fingerprint density at radius 1 is 1.20 bits per heavy atom. The molecule has 1 aromatic carbocycles. The van der Waals surface area contributed by atoms with Crippen LogP contribution in [0.1, 0.15) is 26.5 Å². The number of rotatable bonds is 5. The van der Waals surface area contributed by atoms with E-state index >= 15 is 0 Å². The molecule has 0 saturated heterocycles. The Morgan fingerprint density at radius 2 is 2.00 bits per heavy atom. The highest BCUT2D eigenvalue weighted by atomic mass is 16.4. The summed E-state index contributed by atoms with van der Waals surface area (Å²) in [5.74, 6) is -1.46. The molecular formula is C16H14N6O3. The number of benzene rings is 1. The van der Waals surface area contributed by atoms with E-state index in [0.717, 1.165) is 5.56 Å². The fourth-order valence-corrected chi connectivity index (χ4v) is 2.18. The van der Waals surface area contributed by atoms with Crippen LogP contribution in [0.4, 0.5) is 5.82 Å². The summed E-state index contributed by atoms with van der Waals surface area (Å²) in [6.45, 7) is 0.246. The van der Waals surface area contributed by atoms with E-state index in [-0.39, 0.29) is 23.8 Å².